The van der Waals surface area contributed by atoms with Crippen LogP contribution < -0.4 is 15.4 Å². The summed E-state index contributed by atoms with van der Waals surface area (Å²) in [5, 5.41) is 6.52. The van der Waals surface area contributed by atoms with Crippen LogP contribution in [0, 0.1) is 0 Å². The lowest BCUT2D eigenvalue weighted by molar-refractivity contribution is -0.139. The molecule has 0 radical (unpaired) electrons. The first-order chi connectivity index (χ1) is 14.0. The lowest BCUT2D eigenvalue weighted by atomic mass is 9.95. The molecule has 8 nitrogen and oxygen atoms in total. The van der Waals surface area contributed by atoms with Gasteiger partial charge in [-0.05, 0) is 43.8 Å². The van der Waals surface area contributed by atoms with E-state index in [-0.39, 0.29) is 19.1 Å². The van der Waals surface area contributed by atoms with E-state index in [9.17, 15) is 9.59 Å². The van der Waals surface area contributed by atoms with E-state index in [2.05, 4.69) is 10.6 Å². The first-order valence-electron chi connectivity index (χ1n) is 9.53. The van der Waals surface area contributed by atoms with E-state index in [1.165, 1.54) is 0 Å². The molecule has 29 heavy (non-hydrogen) atoms. The van der Waals surface area contributed by atoms with Crippen LogP contribution in [0.5, 0.6) is 5.75 Å². The predicted octanol–water partition coefficient (Wildman–Crippen LogP) is 1.28. The van der Waals surface area contributed by atoms with Crippen molar-refractivity contribution in [2.75, 3.05) is 39.5 Å². The Morgan fingerprint density at radius 1 is 1.24 bits per heavy atom. The Labute approximate surface area is 175 Å². The van der Waals surface area contributed by atoms with Gasteiger partial charge >= 0.3 is 5.97 Å². The molecule has 0 spiro atoms. The van der Waals surface area contributed by atoms with Gasteiger partial charge in [0.1, 0.15) is 5.75 Å². The zero-order valence-corrected chi connectivity index (χ0v) is 17.3. The van der Waals surface area contributed by atoms with Crippen LogP contribution in [0.2, 0.25) is 0 Å². The summed E-state index contributed by atoms with van der Waals surface area (Å²) in [6.45, 7) is 6.11. The Bertz CT molecular complexity index is 803. The fraction of sp³-hybridized carbons (Fsp3) is 0.450. The van der Waals surface area contributed by atoms with E-state index in [0.717, 1.165) is 5.56 Å². The molecule has 9 heteroatoms. The quantitative estimate of drug-likeness (QED) is 0.527. The molecular formula is C20H25N3O5S. The smallest absolute Gasteiger partial charge is 0.338 e. The van der Waals surface area contributed by atoms with Gasteiger partial charge in [0.2, 0.25) is 0 Å². The van der Waals surface area contributed by atoms with Crippen molar-refractivity contribution in [3.05, 3.63) is 41.1 Å². The number of thiocarbonyl (C=S) groups is 1. The summed E-state index contributed by atoms with van der Waals surface area (Å²) in [5.41, 5.74) is 1.98. The van der Waals surface area contributed by atoms with Gasteiger partial charge in [-0.15, -0.1) is 0 Å². The number of hydrogen-bond donors (Lipinski definition) is 2. The molecule has 2 N–H and O–H groups in total. The number of allylic oxidation sites excluding steroid dienone is 1. The van der Waals surface area contributed by atoms with Gasteiger partial charge in [0.05, 0.1) is 31.4 Å². The highest BCUT2D eigenvalue weighted by molar-refractivity contribution is 7.80. The highest BCUT2D eigenvalue weighted by Gasteiger charge is 2.30. The highest BCUT2D eigenvalue weighted by Crippen LogP contribution is 2.29. The van der Waals surface area contributed by atoms with Crippen LogP contribution in [0.4, 0.5) is 0 Å². The molecule has 156 valence electrons. The monoisotopic (exact) mass is 419 g/mol. The Hall–Kier alpha value is -2.65. The van der Waals surface area contributed by atoms with Gasteiger partial charge < -0.3 is 29.7 Å². The molecule has 1 fully saturated rings. The van der Waals surface area contributed by atoms with Crippen molar-refractivity contribution in [2.45, 2.75) is 19.9 Å². The summed E-state index contributed by atoms with van der Waals surface area (Å²) in [7, 11) is 0. The lowest BCUT2D eigenvalue weighted by Gasteiger charge is -2.30. The second-order valence-electron chi connectivity index (χ2n) is 6.64. The van der Waals surface area contributed by atoms with E-state index in [1.807, 2.05) is 12.1 Å². The molecule has 2 aliphatic rings. The molecule has 0 saturated carbocycles. The van der Waals surface area contributed by atoms with E-state index >= 15 is 0 Å². The number of carbonyl (C=O) groups is 2. The molecule has 1 saturated heterocycles. The molecule has 2 aliphatic heterocycles. The van der Waals surface area contributed by atoms with E-state index in [1.54, 1.807) is 30.9 Å². The second kappa shape index (κ2) is 9.71. The average Bonchev–Trinajstić information content (AvgIpc) is 2.72. The third-order valence-corrected chi connectivity index (χ3v) is 4.92. The SMILES string of the molecule is CCOC(=O)C1=C(C)NC(=S)N[C@@H]1c1ccc(OCC(=O)N2CCOCC2)cc1. The lowest BCUT2D eigenvalue weighted by Crippen LogP contribution is -2.45. The normalized spacial score (nSPS) is 19.3. The van der Waals surface area contributed by atoms with Crippen molar-refractivity contribution in [1.29, 1.82) is 0 Å². The van der Waals surface area contributed by atoms with Crippen molar-refractivity contribution in [1.82, 2.24) is 15.5 Å². The summed E-state index contributed by atoms with van der Waals surface area (Å²) in [6, 6.07) is 6.80. The van der Waals surface area contributed by atoms with E-state index in [4.69, 9.17) is 26.4 Å². The maximum Gasteiger partial charge on any atom is 0.338 e. The zero-order valence-electron chi connectivity index (χ0n) is 16.5. The van der Waals surface area contributed by atoms with Crippen LogP contribution >= 0.6 is 12.2 Å². The molecule has 3 rings (SSSR count). The summed E-state index contributed by atoms with van der Waals surface area (Å²) in [4.78, 5) is 26.3. The number of amides is 1. The predicted molar refractivity (Wildman–Crippen MR) is 110 cm³/mol. The molecule has 2 heterocycles. The third kappa shape index (κ3) is 5.24. The minimum atomic E-state index is -0.424. The van der Waals surface area contributed by atoms with Crippen LogP contribution in [0.15, 0.2) is 35.5 Å². The van der Waals surface area contributed by atoms with Crippen molar-refractivity contribution in [2.24, 2.45) is 0 Å². The summed E-state index contributed by atoms with van der Waals surface area (Å²) < 4.78 is 16.1. The number of ether oxygens (including phenoxy) is 3. The number of benzene rings is 1. The molecule has 0 bridgehead atoms. The number of nitrogens with one attached hydrogen (secondary N) is 2. The van der Waals surface area contributed by atoms with Crippen LogP contribution in [0.1, 0.15) is 25.5 Å². The van der Waals surface area contributed by atoms with Crippen LogP contribution in [-0.2, 0) is 19.1 Å². The van der Waals surface area contributed by atoms with Crippen LogP contribution in [0.25, 0.3) is 0 Å². The number of rotatable bonds is 6. The van der Waals surface area contributed by atoms with E-state index in [0.29, 0.717) is 48.4 Å². The van der Waals surface area contributed by atoms with Gasteiger partial charge in [-0.2, -0.15) is 0 Å². The van der Waals surface area contributed by atoms with Crippen molar-refractivity contribution in [3.8, 4) is 5.75 Å². The van der Waals surface area contributed by atoms with Crippen molar-refractivity contribution >= 4 is 29.2 Å². The Morgan fingerprint density at radius 3 is 2.59 bits per heavy atom. The topological polar surface area (TPSA) is 89.1 Å². The van der Waals surface area contributed by atoms with Gasteiger partial charge in [0, 0.05) is 18.8 Å². The van der Waals surface area contributed by atoms with Crippen molar-refractivity contribution < 1.29 is 23.8 Å². The molecule has 0 unspecified atom stereocenters. The largest absolute Gasteiger partial charge is 0.484 e. The number of hydrogen-bond acceptors (Lipinski definition) is 6. The average molecular weight is 420 g/mol. The number of nitrogens with zero attached hydrogens (tertiary/aromatic N) is 1. The molecule has 0 aromatic heterocycles. The Kier molecular flexibility index (Phi) is 7.05. The molecule has 1 aromatic rings. The third-order valence-electron chi connectivity index (χ3n) is 4.70. The van der Waals surface area contributed by atoms with Gasteiger partial charge in [-0.25, -0.2) is 4.79 Å². The molecule has 1 aromatic carbocycles. The minimum absolute atomic E-state index is 0.0257. The number of carbonyl (C=O) groups excluding carboxylic acids is 2. The standard InChI is InChI=1S/C20H25N3O5S/c1-3-27-19(25)17-13(2)21-20(29)22-18(17)14-4-6-15(7-5-14)28-12-16(24)23-8-10-26-11-9-23/h4-7,18H,3,8-12H2,1-2H3,(H2,21,22,29)/t18-/m1/s1. The zero-order chi connectivity index (χ0) is 20.8. The van der Waals surface area contributed by atoms with Crippen molar-refractivity contribution in [3.63, 3.8) is 0 Å². The molecule has 0 aliphatic carbocycles. The second-order valence-corrected chi connectivity index (χ2v) is 7.05. The summed E-state index contributed by atoms with van der Waals surface area (Å²) in [5.74, 6) is 0.116. The van der Waals surface area contributed by atoms with Gasteiger partial charge in [-0.3, -0.25) is 4.79 Å². The first kappa shape index (κ1) is 21.1. The van der Waals surface area contributed by atoms with Crippen LogP contribution in [-0.4, -0.2) is 61.4 Å². The van der Waals surface area contributed by atoms with Crippen LogP contribution in [0.3, 0.4) is 0 Å². The maximum atomic E-state index is 12.4. The van der Waals surface area contributed by atoms with Gasteiger partial charge in [0.25, 0.3) is 5.91 Å². The fourth-order valence-electron chi connectivity index (χ4n) is 3.23. The molecular weight excluding hydrogens is 394 g/mol. The minimum Gasteiger partial charge on any atom is -0.484 e. The first-order valence-corrected chi connectivity index (χ1v) is 9.94. The molecule has 1 amide bonds. The number of esters is 1. The number of morpholine rings is 1. The molecule has 1 atom stereocenters. The van der Waals surface area contributed by atoms with Gasteiger partial charge in [0.15, 0.2) is 11.7 Å². The maximum absolute atomic E-state index is 12.4. The van der Waals surface area contributed by atoms with Gasteiger partial charge in [-0.1, -0.05) is 12.1 Å². The summed E-state index contributed by atoms with van der Waals surface area (Å²) in [6.07, 6.45) is 0. The Balaban J connectivity index is 1.67. The Morgan fingerprint density at radius 2 is 1.93 bits per heavy atom. The highest BCUT2D eigenvalue weighted by atomic mass is 32.1. The fourth-order valence-corrected chi connectivity index (χ4v) is 3.50. The van der Waals surface area contributed by atoms with E-state index < -0.39 is 12.0 Å². The summed E-state index contributed by atoms with van der Waals surface area (Å²) >= 11 is 5.24.